The molecule has 2 heterocycles. The number of piperidine rings is 1. The molecule has 18 heavy (non-hydrogen) atoms. The molecule has 0 aromatic carbocycles. The second kappa shape index (κ2) is 6.33. The number of hydrogen-bond acceptors (Lipinski definition) is 4. The SMILES string of the molecule is CCn1ncc(NCC2CCCNC2)c(Br)c1=O. The third-order valence-corrected chi connectivity index (χ3v) is 4.03. The topological polar surface area (TPSA) is 59.0 Å². The minimum atomic E-state index is -0.0794. The molecule has 5 nitrogen and oxygen atoms in total. The van der Waals surface area contributed by atoms with Gasteiger partial charge in [0.15, 0.2) is 0 Å². The second-order valence-corrected chi connectivity index (χ2v) is 5.38. The normalized spacial score (nSPS) is 19.8. The molecule has 100 valence electrons. The van der Waals surface area contributed by atoms with Gasteiger partial charge in [0, 0.05) is 13.1 Å². The monoisotopic (exact) mass is 314 g/mol. The Labute approximate surface area is 115 Å². The molecular weight excluding hydrogens is 296 g/mol. The van der Waals surface area contributed by atoms with Gasteiger partial charge in [-0.25, -0.2) is 4.68 Å². The molecule has 0 saturated carbocycles. The smallest absolute Gasteiger partial charge is 0.283 e. The van der Waals surface area contributed by atoms with Gasteiger partial charge in [0.2, 0.25) is 0 Å². The summed E-state index contributed by atoms with van der Waals surface area (Å²) in [6, 6.07) is 0. The van der Waals surface area contributed by atoms with E-state index in [9.17, 15) is 4.79 Å². The summed E-state index contributed by atoms with van der Waals surface area (Å²) in [7, 11) is 0. The molecule has 2 N–H and O–H groups in total. The lowest BCUT2D eigenvalue weighted by atomic mass is 10.00. The van der Waals surface area contributed by atoms with E-state index >= 15 is 0 Å². The van der Waals surface area contributed by atoms with Crippen LogP contribution in [0.3, 0.4) is 0 Å². The number of nitrogens with one attached hydrogen (secondary N) is 2. The van der Waals surface area contributed by atoms with E-state index in [0.29, 0.717) is 16.9 Å². The zero-order valence-corrected chi connectivity index (χ0v) is 12.2. The minimum absolute atomic E-state index is 0.0794. The second-order valence-electron chi connectivity index (χ2n) is 4.59. The molecule has 6 heteroatoms. The molecule has 0 radical (unpaired) electrons. The molecule has 0 spiro atoms. The number of hydrogen-bond donors (Lipinski definition) is 2. The Morgan fingerprint density at radius 3 is 3.17 bits per heavy atom. The van der Waals surface area contributed by atoms with Crippen LogP contribution in [0.4, 0.5) is 5.69 Å². The fourth-order valence-electron chi connectivity index (χ4n) is 2.17. The van der Waals surface area contributed by atoms with Crippen molar-refractivity contribution in [2.24, 2.45) is 5.92 Å². The van der Waals surface area contributed by atoms with Crippen LogP contribution in [0.15, 0.2) is 15.5 Å². The number of rotatable bonds is 4. The highest BCUT2D eigenvalue weighted by Gasteiger charge is 2.14. The largest absolute Gasteiger partial charge is 0.382 e. The van der Waals surface area contributed by atoms with Gasteiger partial charge < -0.3 is 10.6 Å². The zero-order chi connectivity index (χ0) is 13.0. The van der Waals surface area contributed by atoms with Crippen LogP contribution in [0.25, 0.3) is 0 Å². The highest BCUT2D eigenvalue weighted by Crippen LogP contribution is 2.18. The van der Waals surface area contributed by atoms with Crippen LogP contribution in [0, 0.1) is 5.92 Å². The van der Waals surface area contributed by atoms with Crippen molar-refractivity contribution in [1.82, 2.24) is 15.1 Å². The molecule has 0 bridgehead atoms. The van der Waals surface area contributed by atoms with Crippen LogP contribution in [-0.2, 0) is 6.54 Å². The molecule has 1 atom stereocenters. The molecule has 1 unspecified atom stereocenters. The molecule has 1 saturated heterocycles. The van der Waals surface area contributed by atoms with E-state index in [-0.39, 0.29) is 5.56 Å². The lowest BCUT2D eigenvalue weighted by Gasteiger charge is -2.23. The third kappa shape index (κ3) is 3.11. The summed E-state index contributed by atoms with van der Waals surface area (Å²) in [6.07, 6.45) is 4.17. The minimum Gasteiger partial charge on any atom is -0.382 e. The maximum atomic E-state index is 11.9. The average molecular weight is 315 g/mol. The van der Waals surface area contributed by atoms with Crippen LogP contribution in [0.5, 0.6) is 0 Å². The van der Waals surface area contributed by atoms with E-state index in [4.69, 9.17) is 0 Å². The van der Waals surface area contributed by atoms with Crippen LogP contribution in [0.2, 0.25) is 0 Å². The van der Waals surface area contributed by atoms with E-state index in [1.54, 1.807) is 6.20 Å². The van der Waals surface area contributed by atoms with Gasteiger partial charge in [-0.2, -0.15) is 5.10 Å². The Balaban J connectivity index is 2.01. The third-order valence-electron chi connectivity index (χ3n) is 3.26. The Kier molecular flexibility index (Phi) is 4.77. The highest BCUT2D eigenvalue weighted by molar-refractivity contribution is 9.10. The van der Waals surface area contributed by atoms with Crippen LogP contribution < -0.4 is 16.2 Å². The van der Waals surface area contributed by atoms with Gasteiger partial charge in [-0.05, 0) is 54.7 Å². The molecule has 1 fully saturated rings. The van der Waals surface area contributed by atoms with Crippen molar-refractivity contribution >= 4 is 21.6 Å². The van der Waals surface area contributed by atoms with Crippen molar-refractivity contribution in [3.8, 4) is 0 Å². The van der Waals surface area contributed by atoms with Gasteiger partial charge in [0.05, 0.1) is 11.9 Å². The van der Waals surface area contributed by atoms with Gasteiger partial charge in [-0.3, -0.25) is 4.79 Å². The van der Waals surface area contributed by atoms with Crippen molar-refractivity contribution in [1.29, 1.82) is 0 Å². The molecular formula is C12H19BrN4O. The van der Waals surface area contributed by atoms with Crippen LogP contribution in [0.1, 0.15) is 19.8 Å². The maximum Gasteiger partial charge on any atom is 0.283 e. The van der Waals surface area contributed by atoms with Crippen molar-refractivity contribution in [3.63, 3.8) is 0 Å². The standard InChI is InChI=1S/C12H19BrN4O/c1-2-17-12(18)11(13)10(8-16-17)15-7-9-4-3-5-14-6-9/h8-9,14-15H,2-7H2,1H3. The number of anilines is 1. The Morgan fingerprint density at radius 2 is 2.50 bits per heavy atom. The van der Waals surface area contributed by atoms with Gasteiger partial charge >= 0.3 is 0 Å². The van der Waals surface area contributed by atoms with E-state index in [1.807, 2.05) is 6.92 Å². The first-order valence-corrected chi connectivity index (χ1v) is 7.22. The zero-order valence-electron chi connectivity index (χ0n) is 10.6. The summed E-state index contributed by atoms with van der Waals surface area (Å²) in [5.41, 5.74) is 0.708. The maximum absolute atomic E-state index is 11.9. The van der Waals surface area contributed by atoms with Gasteiger partial charge in [0.25, 0.3) is 5.56 Å². The van der Waals surface area contributed by atoms with Crippen molar-refractivity contribution in [3.05, 3.63) is 21.0 Å². The van der Waals surface area contributed by atoms with Gasteiger partial charge in [0.1, 0.15) is 4.47 Å². The fourth-order valence-corrected chi connectivity index (χ4v) is 2.61. The summed E-state index contributed by atoms with van der Waals surface area (Å²) in [4.78, 5) is 11.9. The lowest BCUT2D eigenvalue weighted by Crippen LogP contribution is -2.34. The molecule has 1 aromatic heterocycles. The van der Waals surface area contributed by atoms with E-state index in [1.165, 1.54) is 17.5 Å². The van der Waals surface area contributed by atoms with Crippen molar-refractivity contribution in [2.75, 3.05) is 25.0 Å². The lowest BCUT2D eigenvalue weighted by molar-refractivity contribution is 0.393. The van der Waals surface area contributed by atoms with Crippen LogP contribution >= 0.6 is 15.9 Å². The number of aryl methyl sites for hydroxylation is 1. The number of nitrogens with zero attached hydrogens (tertiary/aromatic N) is 2. The summed E-state index contributed by atoms with van der Waals surface area (Å²) in [5.74, 6) is 0.624. The van der Waals surface area contributed by atoms with Crippen molar-refractivity contribution in [2.45, 2.75) is 26.3 Å². The predicted molar refractivity (Wildman–Crippen MR) is 76.0 cm³/mol. The average Bonchev–Trinajstić information content (AvgIpc) is 2.42. The highest BCUT2D eigenvalue weighted by atomic mass is 79.9. The van der Waals surface area contributed by atoms with E-state index in [2.05, 4.69) is 31.7 Å². The first kappa shape index (κ1) is 13.5. The Hall–Kier alpha value is -0.880. The summed E-state index contributed by atoms with van der Waals surface area (Å²) in [6.45, 7) is 5.53. The summed E-state index contributed by atoms with van der Waals surface area (Å²) >= 11 is 3.35. The molecule has 1 aliphatic heterocycles. The molecule has 2 rings (SSSR count). The predicted octanol–water partition coefficient (Wildman–Crippen LogP) is 1.44. The van der Waals surface area contributed by atoms with Gasteiger partial charge in [-0.1, -0.05) is 0 Å². The van der Waals surface area contributed by atoms with E-state index in [0.717, 1.165) is 25.3 Å². The summed E-state index contributed by atoms with van der Waals surface area (Å²) in [5, 5.41) is 10.8. The van der Waals surface area contributed by atoms with Crippen LogP contribution in [-0.4, -0.2) is 29.4 Å². The molecule has 1 aliphatic rings. The first-order valence-electron chi connectivity index (χ1n) is 6.42. The van der Waals surface area contributed by atoms with E-state index < -0.39 is 0 Å². The molecule has 0 amide bonds. The molecule has 0 aliphatic carbocycles. The summed E-state index contributed by atoms with van der Waals surface area (Å²) < 4.78 is 2.01. The Bertz CT molecular complexity index is 454. The van der Waals surface area contributed by atoms with Gasteiger partial charge in [-0.15, -0.1) is 0 Å². The first-order chi connectivity index (χ1) is 8.72. The number of halogens is 1. The number of aromatic nitrogens is 2. The Morgan fingerprint density at radius 1 is 1.67 bits per heavy atom. The van der Waals surface area contributed by atoms with Crippen molar-refractivity contribution < 1.29 is 0 Å². The quantitative estimate of drug-likeness (QED) is 0.883. The molecule has 1 aromatic rings. The fraction of sp³-hybridized carbons (Fsp3) is 0.667.